The summed E-state index contributed by atoms with van der Waals surface area (Å²) in [5.74, 6) is -7.45. The lowest BCUT2D eigenvalue weighted by Gasteiger charge is -2.47. The number of hydrogen-bond donors (Lipinski definition) is 13. The Bertz CT molecular complexity index is 1230. The fourth-order valence-electron chi connectivity index (χ4n) is 5.68. The lowest BCUT2D eigenvalue weighted by molar-refractivity contribution is -0.378. The molecule has 13 N–H and O–H groups in total. The molecule has 0 aromatic rings. The topological polar surface area (TPSA) is 405 Å². The highest BCUT2D eigenvalue weighted by Crippen LogP contribution is 2.34. The van der Waals surface area contributed by atoms with Gasteiger partial charge >= 0.3 is 23.9 Å². The van der Waals surface area contributed by atoms with Crippen LogP contribution in [0.4, 0.5) is 0 Å². The number of aliphatic hydroxyl groups is 9. The number of carboxylic acid groups (broad SMARTS) is 4. The van der Waals surface area contributed by atoms with E-state index < -0.39 is 147 Å². The van der Waals surface area contributed by atoms with Gasteiger partial charge in [0.15, 0.2) is 49.6 Å². The maximum Gasteiger partial charge on any atom is 0.335 e. The molecule has 4 saturated heterocycles. The molecule has 0 radical (unpaired) electrons. The van der Waals surface area contributed by atoms with E-state index in [1.807, 2.05) is 0 Å². The van der Waals surface area contributed by atoms with E-state index in [2.05, 4.69) is 4.74 Å². The highest BCUT2D eigenvalue weighted by atomic mass is 16.8. The zero-order chi connectivity index (χ0) is 37.5. The van der Waals surface area contributed by atoms with Crippen LogP contribution in [0, 0.1) is 0 Å². The predicted octanol–water partition coefficient (Wildman–Crippen LogP) is -8.73. The second-order valence-electron chi connectivity index (χ2n) is 11.5. The van der Waals surface area contributed by atoms with Gasteiger partial charge in [-0.2, -0.15) is 0 Å². The molecule has 0 spiro atoms. The molecule has 0 amide bonds. The second kappa shape index (κ2) is 15.8. The second-order valence-corrected chi connectivity index (χ2v) is 11.5. The van der Waals surface area contributed by atoms with Crippen LogP contribution in [0.1, 0.15) is 0 Å². The van der Waals surface area contributed by atoms with Gasteiger partial charge in [-0.15, -0.1) is 0 Å². The maximum absolute atomic E-state index is 12.1. The summed E-state index contributed by atoms with van der Waals surface area (Å²) < 4.78 is 40.6. The van der Waals surface area contributed by atoms with E-state index in [4.69, 9.17) is 33.2 Å². The Kier molecular flexibility index (Phi) is 12.7. The molecule has 0 aromatic heterocycles. The quantitative estimate of drug-likeness (QED) is 0.0936. The fraction of sp³-hybridized carbons (Fsp3) is 0.840. The van der Waals surface area contributed by atoms with Crippen LogP contribution >= 0.6 is 0 Å². The fourth-order valence-corrected chi connectivity index (χ4v) is 5.68. The number of hydrogen-bond acceptors (Lipinski definition) is 21. The number of methoxy groups -OCH3 is 1. The lowest BCUT2D eigenvalue weighted by atomic mass is 9.95. The number of rotatable bonds is 11. The zero-order valence-electron chi connectivity index (χ0n) is 25.3. The van der Waals surface area contributed by atoms with Crippen molar-refractivity contribution in [2.45, 2.75) is 123 Å². The first-order valence-electron chi connectivity index (χ1n) is 14.5. The first-order chi connectivity index (χ1) is 23.3. The van der Waals surface area contributed by atoms with Gasteiger partial charge in [-0.25, -0.2) is 19.2 Å². The molecule has 7 unspecified atom stereocenters. The molecule has 4 heterocycles. The summed E-state index contributed by atoms with van der Waals surface area (Å²) in [6.07, 6.45) is -44.4. The van der Waals surface area contributed by atoms with E-state index in [9.17, 15) is 85.6 Å². The molecule has 20 atom stereocenters. The van der Waals surface area contributed by atoms with Gasteiger partial charge in [-0.1, -0.05) is 0 Å². The molecule has 0 saturated carbocycles. The maximum atomic E-state index is 12.1. The third-order valence-corrected chi connectivity index (χ3v) is 8.32. The summed E-state index contributed by atoms with van der Waals surface area (Å²) in [5.41, 5.74) is 0. The van der Waals surface area contributed by atoms with Crippen LogP contribution in [0.3, 0.4) is 0 Å². The molecule has 4 aliphatic rings. The van der Waals surface area contributed by atoms with E-state index in [0.29, 0.717) is 0 Å². The highest BCUT2D eigenvalue weighted by Gasteiger charge is 2.58. The monoisotopic (exact) mass is 736 g/mol. The Hall–Kier alpha value is -2.80. The smallest absolute Gasteiger partial charge is 0.335 e. The standard InChI is InChI=1S/C25H36O25/c1-43-10-3(27)7(31)23(48-14(10)18(34)35)46-12-5(29)9(33)25(50-16(12)20(38)39)47-13-4(28)8(32)24(49-17(13)21(40)41)45-11-2(26)6(30)22(42)44-15(11)19(36)37/h2-17,22-33,42H,1H3,(H,34,35)(H,36,37)(H,38,39)(H,40,41)/t2?,3-,4+,5?,6-,7?,8?,9?,10-,11-,12-,13-,14?,15+,16+,17?,22+,23+,24+,25+/m0/s1. The van der Waals surface area contributed by atoms with Gasteiger partial charge in [0.05, 0.1) is 0 Å². The summed E-state index contributed by atoms with van der Waals surface area (Å²) in [5, 5.41) is 132. The molecule has 4 aliphatic heterocycles. The van der Waals surface area contributed by atoms with E-state index in [1.165, 1.54) is 0 Å². The molecule has 286 valence electrons. The van der Waals surface area contributed by atoms with Gasteiger partial charge in [0.2, 0.25) is 0 Å². The van der Waals surface area contributed by atoms with Crippen molar-refractivity contribution in [3.05, 3.63) is 0 Å². The number of carbonyl (C=O) groups is 4. The van der Waals surface area contributed by atoms with Crippen molar-refractivity contribution in [1.82, 2.24) is 0 Å². The van der Waals surface area contributed by atoms with Crippen LogP contribution in [-0.4, -0.2) is 220 Å². The largest absolute Gasteiger partial charge is 0.479 e. The van der Waals surface area contributed by atoms with Crippen molar-refractivity contribution in [2.24, 2.45) is 0 Å². The average Bonchev–Trinajstić information content (AvgIpc) is 3.05. The van der Waals surface area contributed by atoms with Crippen LogP contribution in [-0.2, 0) is 57.1 Å². The number of aliphatic carboxylic acids is 4. The SMILES string of the molecule is CO[C@@H]1C(C(=O)O)O[C@@H](O[C@H]2C(O)C(O)[C@H](O[C@@H]3C(C(=O)O)O[C@@H](O[C@H]4C(O)[C@H](O)[C@H](O)O[C@H]4C(=O)O)C(O)[C@H]3O)O[C@H]2C(=O)O)C(O)[C@@H]1O. The van der Waals surface area contributed by atoms with Crippen molar-refractivity contribution < 1.29 is 123 Å². The minimum atomic E-state index is -2.42. The average molecular weight is 737 g/mol. The van der Waals surface area contributed by atoms with E-state index in [-0.39, 0.29) is 0 Å². The summed E-state index contributed by atoms with van der Waals surface area (Å²) in [6, 6.07) is 0. The molecular formula is C25H36O25. The minimum absolute atomic E-state index is 0.994. The lowest BCUT2D eigenvalue weighted by Crippen LogP contribution is -2.68. The van der Waals surface area contributed by atoms with Gasteiger partial charge in [-0.3, -0.25) is 0 Å². The molecule has 0 aromatic carbocycles. The Labute approximate surface area is 277 Å². The summed E-state index contributed by atoms with van der Waals surface area (Å²) in [7, 11) is 0.994. The Morgan fingerprint density at radius 3 is 0.960 bits per heavy atom. The normalized spacial score (nSPS) is 48.4. The van der Waals surface area contributed by atoms with Crippen molar-refractivity contribution in [3.63, 3.8) is 0 Å². The molecule has 0 aliphatic carbocycles. The zero-order valence-corrected chi connectivity index (χ0v) is 25.3. The Morgan fingerprint density at radius 1 is 0.400 bits per heavy atom. The van der Waals surface area contributed by atoms with Gasteiger partial charge in [-0.05, 0) is 0 Å². The van der Waals surface area contributed by atoms with Crippen molar-refractivity contribution >= 4 is 23.9 Å². The molecule has 4 rings (SSSR count). The van der Waals surface area contributed by atoms with Crippen molar-refractivity contribution in [1.29, 1.82) is 0 Å². The Balaban J connectivity index is 1.51. The summed E-state index contributed by atoms with van der Waals surface area (Å²) >= 11 is 0. The first-order valence-corrected chi connectivity index (χ1v) is 14.5. The summed E-state index contributed by atoms with van der Waals surface area (Å²) in [4.78, 5) is 47.5. The summed E-state index contributed by atoms with van der Waals surface area (Å²) in [6.45, 7) is 0. The van der Waals surface area contributed by atoms with Crippen LogP contribution < -0.4 is 0 Å². The van der Waals surface area contributed by atoms with Gasteiger partial charge < -0.3 is 104 Å². The third-order valence-electron chi connectivity index (χ3n) is 8.32. The predicted molar refractivity (Wildman–Crippen MR) is 141 cm³/mol. The van der Waals surface area contributed by atoms with Crippen LogP contribution in [0.5, 0.6) is 0 Å². The number of ether oxygens (including phenoxy) is 8. The number of carboxylic acids is 4. The minimum Gasteiger partial charge on any atom is -0.479 e. The van der Waals surface area contributed by atoms with Gasteiger partial charge in [0.25, 0.3) is 0 Å². The van der Waals surface area contributed by atoms with Crippen LogP contribution in [0.2, 0.25) is 0 Å². The van der Waals surface area contributed by atoms with E-state index in [1.54, 1.807) is 0 Å². The third kappa shape index (κ3) is 7.68. The molecule has 25 heteroatoms. The molecule has 50 heavy (non-hydrogen) atoms. The Morgan fingerprint density at radius 2 is 0.660 bits per heavy atom. The van der Waals surface area contributed by atoms with Crippen molar-refractivity contribution in [3.8, 4) is 0 Å². The van der Waals surface area contributed by atoms with E-state index >= 15 is 0 Å². The van der Waals surface area contributed by atoms with Crippen molar-refractivity contribution in [2.75, 3.05) is 7.11 Å². The molecule has 25 nitrogen and oxygen atoms in total. The van der Waals surface area contributed by atoms with Gasteiger partial charge in [0.1, 0.15) is 73.2 Å². The number of aliphatic hydroxyl groups excluding tert-OH is 9. The molecule has 0 bridgehead atoms. The van der Waals surface area contributed by atoms with Crippen LogP contribution in [0.15, 0.2) is 0 Å². The van der Waals surface area contributed by atoms with Gasteiger partial charge in [0, 0.05) is 7.11 Å². The first kappa shape index (κ1) is 40.0. The molecular weight excluding hydrogens is 700 g/mol. The molecule has 4 fully saturated rings. The van der Waals surface area contributed by atoms with E-state index in [0.717, 1.165) is 7.11 Å². The van der Waals surface area contributed by atoms with Crippen LogP contribution in [0.25, 0.3) is 0 Å². The highest BCUT2D eigenvalue weighted by molar-refractivity contribution is 5.75.